The van der Waals surface area contributed by atoms with Crippen LogP contribution in [0.1, 0.15) is 120 Å². The molecule has 27 nitrogen and oxygen atoms in total. The van der Waals surface area contributed by atoms with Crippen LogP contribution in [-0.4, -0.2) is 193 Å². The third kappa shape index (κ3) is 23.6. The monoisotopic (exact) mass is 1590 g/mol. The summed E-state index contributed by atoms with van der Waals surface area (Å²) in [5.74, 6) is -3.07. The molecule has 4 saturated heterocycles. The van der Waals surface area contributed by atoms with Gasteiger partial charge in [-0.2, -0.15) is 0 Å². The number of Topliss-reactive ketones (excluding diaryl/α,β-unsaturated/α-hetero) is 2. The van der Waals surface area contributed by atoms with Gasteiger partial charge in [0, 0.05) is 60.7 Å². The van der Waals surface area contributed by atoms with E-state index < -0.39 is 61.9 Å². The number of ether oxygens (including phenoxy) is 2. The summed E-state index contributed by atoms with van der Waals surface area (Å²) >= 11 is 3.21. The Morgan fingerprint density at radius 2 is 0.964 bits per heavy atom. The highest BCUT2D eigenvalue weighted by Gasteiger charge is 2.51. The number of aromatic nitrogens is 4. The quantitative estimate of drug-likeness (QED) is 0.0232. The van der Waals surface area contributed by atoms with E-state index in [4.69, 9.17) is 29.7 Å². The highest BCUT2D eigenvalue weighted by atomic mass is 79.9. The Kier molecular flexibility index (Phi) is 33.1. The molecule has 10 atom stereocenters. The van der Waals surface area contributed by atoms with Crippen LogP contribution in [0.4, 0.5) is 0 Å². The molecule has 4 aromatic carbocycles. The van der Waals surface area contributed by atoms with Gasteiger partial charge in [-0.3, -0.25) is 33.6 Å². The van der Waals surface area contributed by atoms with Gasteiger partial charge in [0.1, 0.15) is 42.0 Å². The largest absolute Gasteiger partial charge is 0.488 e. The van der Waals surface area contributed by atoms with Gasteiger partial charge in [0.2, 0.25) is 23.6 Å². The van der Waals surface area contributed by atoms with Crippen molar-refractivity contribution in [3.05, 3.63) is 198 Å². The Hall–Kier alpha value is -10.3. The number of esters is 2. The Morgan fingerprint density at radius 3 is 1.39 bits per heavy atom. The van der Waals surface area contributed by atoms with E-state index in [0.717, 1.165) is 82.9 Å². The number of rotatable bonds is 22. The van der Waals surface area contributed by atoms with E-state index in [-0.39, 0.29) is 96.2 Å². The van der Waals surface area contributed by atoms with Gasteiger partial charge in [0.05, 0.1) is 31.3 Å². The number of aromatic amines is 4. The number of carboxylic acids is 1. The molecule has 4 aliphatic heterocycles. The number of fused-ring (bicyclic) bond motifs is 2. The maximum absolute atomic E-state index is 13.6. The number of aliphatic hydroxyl groups excluding tert-OH is 2. The van der Waals surface area contributed by atoms with E-state index in [1.807, 2.05) is 103 Å². The maximum atomic E-state index is 13.6. The predicted octanol–water partition coefficient (Wildman–Crippen LogP) is 7.42. The molecular weight excluding hydrogens is 1500 g/mol. The van der Waals surface area contributed by atoms with Crippen LogP contribution < -0.4 is 32.0 Å². The summed E-state index contributed by atoms with van der Waals surface area (Å²) in [6.07, 6.45) is 14.8. The number of amides is 5. The summed E-state index contributed by atoms with van der Waals surface area (Å²) in [4.78, 5) is 134. The van der Waals surface area contributed by atoms with Crippen molar-refractivity contribution in [3.63, 3.8) is 0 Å². The van der Waals surface area contributed by atoms with Gasteiger partial charge in [-0.05, 0) is 174 Å². The number of likely N-dealkylation sites (tertiary alicyclic amines) is 1. The van der Waals surface area contributed by atoms with Gasteiger partial charge >= 0.3 is 25.0 Å². The number of benzene rings is 4. The Bertz CT molecular complexity index is 4330. The van der Waals surface area contributed by atoms with Crippen molar-refractivity contribution in [1.29, 1.82) is 0 Å². The second-order valence-electron chi connectivity index (χ2n) is 27.2. The van der Waals surface area contributed by atoms with E-state index in [2.05, 4.69) is 62.4 Å². The molecule has 584 valence electrons. The third-order valence-corrected chi connectivity index (χ3v) is 20.6. The summed E-state index contributed by atoms with van der Waals surface area (Å²) in [5, 5.41) is 58.8. The summed E-state index contributed by atoms with van der Waals surface area (Å²) in [5.41, 5.74) is 7.96. The van der Waals surface area contributed by atoms with Gasteiger partial charge in [-0.1, -0.05) is 134 Å². The zero-order chi connectivity index (χ0) is 77.9. The topological polar surface area (TPSA) is 417 Å². The van der Waals surface area contributed by atoms with Crippen molar-refractivity contribution in [2.75, 3.05) is 52.6 Å². The second-order valence-corrected chi connectivity index (χ2v) is 28.1. The number of aliphatic hydroxyl groups is 2. The highest BCUT2D eigenvalue weighted by Crippen LogP contribution is 2.43. The molecular formula is C80H95BBrClN10O17. The standard InChI is InChI=1S/C27H32N4O5.C16H25N3O4.C13H13NO2.C11H9NO2.C7H8BrNO2.C6H7BO2.ClH/c32-15-23(33)21(11-17-9-10-28-25(17)34)30-26(35)24-20-8-4-7-18(20)14-31(24)27(36)22-12-19(13-29-22)16-5-2-1-3-6-16;20-8-13(21)12(6-9-4-5-17-15(9)22)19-16(23)14-11-3-1-2-10(11)7-18-14;1-2-16-13(15)12-8-11(9-14-12)10-6-4-3-5-7-10;13-11(14)10-6-9(7-12-10)8-4-2-1-3-5-8;1-2-11-7(10)6-3-5(8)4-9-6;8-7(9)6-4-2-1-3-5-6;/h1-3,5-6,12-13,17-18,20-21,24,29,32H,4,7-11,14-15H2,(H,28,34)(H,30,35);9-12,14,18,20H,1-8H2,(H,17,22)(H,19,23);3-9,14H,2H2,1H3;1-7,12H,(H,13,14);3-4,9H,2H2,1H3;1-5,8-9H;1H/t17-,18-,20-,21-,24-;9-,10-,11-,12-,14-;;;;;/m00...../s1. The Morgan fingerprint density at radius 1 is 0.536 bits per heavy atom. The minimum atomic E-state index is -1.34. The molecule has 8 aromatic rings. The van der Waals surface area contributed by atoms with Gasteiger partial charge < -0.3 is 86.3 Å². The van der Waals surface area contributed by atoms with Crippen LogP contribution in [0, 0.1) is 35.5 Å². The third-order valence-electron chi connectivity index (χ3n) is 20.1. The summed E-state index contributed by atoms with van der Waals surface area (Å²) in [6.45, 7) is 5.49. The first-order chi connectivity index (χ1) is 52.7. The lowest BCUT2D eigenvalue weighted by atomic mass is 9.81. The highest BCUT2D eigenvalue weighted by molar-refractivity contribution is 9.10. The number of ketones is 2. The van der Waals surface area contributed by atoms with E-state index in [1.54, 1.807) is 85.9 Å². The minimum Gasteiger partial charge on any atom is -0.477 e. The molecule has 5 amide bonds. The van der Waals surface area contributed by atoms with E-state index in [1.165, 1.54) is 0 Å². The summed E-state index contributed by atoms with van der Waals surface area (Å²) in [7, 11) is -1.34. The minimum absolute atomic E-state index is 0. The normalized spacial score (nSPS) is 20.0. The number of H-pyrrole nitrogens is 4. The molecule has 8 heterocycles. The first-order valence-electron chi connectivity index (χ1n) is 36.7. The lowest BCUT2D eigenvalue weighted by Gasteiger charge is -2.29. The van der Waals surface area contributed by atoms with Crippen LogP contribution in [0.2, 0.25) is 0 Å². The van der Waals surface area contributed by atoms with E-state index >= 15 is 0 Å². The number of carbonyl (C=O) groups is 10. The number of nitrogens with zero attached hydrogens (tertiary/aromatic N) is 1. The molecule has 0 unspecified atom stereocenters. The summed E-state index contributed by atoms with van der Waals surface area (Å²) in [6, 6.07) is 42.1. The number of hydrogen-bond donors (Lipinski definition) is 14. The molecule has 30 heteroatoms. The van der Waals surface area contributed by atoms with Crippen LogP contribution in [0.15, 0.2) is 175 Å². The van der Waals surface area contributed by atoms with Crippen molar-refractivity contribution in [2.24, 2.45) is 35.5 Å². The molecule has 0 bridgehead atoms. The maximum Gasteiger partial charge on any atom is 0.488 e. The SMILES string of the molecule is CCOC(=O)c1cc(-c2ccccc2)c[nH]1.CCOC(=O)c1cc(Br)c[nH]1.Cl.O=C(O)c1cc(-c2ccccc2)c[nH]1.O=C1NCC[C@H]1C[C@H](NC(=O)[C@@H]1[C@H]2CCC[C@H]2CN1C(=O)c1cc(-c2ccccc2)c[nH]1)C(=O)CO.O=C1NCC[C@H]1C[C@H](NC(=O)[C@H]1NC[C@@H]2CCC[C@@H]21)C(=O)CO.OB(O)c1ccccc1. The Labute approximate surface area is 651 Å². The van der Waals surface area contributed by atoms with Gasteiger partial charge in [0.15, 0.2) is 11.6 Å². The molecule has 2 saturated carbocycles. The first kappa shape index (κ1) is 85.3. The van der Waals surface area contributed by atoms with Gasteiger partial charge in [-0.15, -0.1) is 12.4 Å². The molecule has 110 heavy (non-hydrogen) atoms. The molecule has 6 aliphatic rings. The van der Waals surface area contributed by atoms with Crippen molar-refractivity contribution in [3.8, 4) is 33.4 Å². The fourth-order valence-electron chi connectivity index (χ4n) is 14.5. The van der Waals surface area contributed by atoms with E-state index in [9.17, 15) is 53.1 Å². The number of halogens is 2. The molecule has 14 N–H and O–H groups in total. The average molecular weight is 1590 g/mol. The van der Waals surface area contributed by atoms with Gasteiger partial charge in [-0.25, -0.2) is 14.4 Å². The number of hydrogen-bond acceptors (Lipinski definition) is 17. The van der Waals surface area contributed by atoms with Crippen molar-refractivity contribution in [2.45, 2.75) is 102 Å². The average Bonchev–Trinajstić information content (AvgIpc) is 1.62. The van der Waals surface area contributed by atoms with Crippen molar-refractivity contribution in [1.82, 2.24) is 51.4 Å². The number of aromatic carboxylic acids is 1. The zero-order valence-corrected chi connectivity index (χ0v) is 63.5. The van der Waals surface area contributed by atoms with Crippen molar-refractivity contribution >= 4 is 99.9 Å². The number of nitrogens with one attached hydrogen (secondary N) is 9. The molecule has 2 aliphatic carbocycles. The molecule has 6 fully saturated rings. The van der Waals surface area contributed by atoms with Crippen LogP contribution in [-0.2, 0) is 38.2 Å². The van der Waals surface area contributed by atoms with Gasteiger partial charge in [0.25, 0.3) is 5.91 Å². The molecule has 0 radical (unpaired) electrons. The first-order valence-corrected chi connectivity index (χ1v) is 37.5. The summed E-state index contributed by atoms with van der Waals surface area (Å²) < 4.78 is 10.5. The van der Waals surface area contributed by atoms with Crippen LogP contribution in [0.3, 0.4) is 0 Å². The van der Waals surface area contributed by atoms with Crippen molar-refractivity contribution < 1.29 is 82.8 Å². The number of carbonyl (C=O) groups excluding carboxylic acids is 9. The van der Waals surface area contributed by atoms with Crippen LogP contribution in [0.25, 0.3) is 33.4 Å². The molecule has 4 aromatic heterocycles. The fraction of sp³-hybridized carbons (Fsp3) is 0.375. The van der Waals surface area contributed by atoms with Crippen LogP contribution >= 0.6 is 28.3 Å². The predicted molar refractivity (Wildman–Crippen MR) is 417 cm³/mol. The smallest absolute Gasteiger partial charge is 0.477 e. The fourth-order valence-corrected chi connectivity index (χ4v) is 14.9. The number of carboxylic acid groups (broad SMARTS) is 1. The van der Waals surface area contributed by atoms with E-state index in [0.29, 0.717) is 80.1 Å². The second kappa shape index (κ2) is 42.6. The molecule has 0 spiro atoms. The zero-order valence-electron chi connectivity index (χ0n) is 61.1. The van der Waals surface area contributed by atoms with Crippen LogP contribution in [0.5, 0.6) is 0 Å². The lowest BCUT2D eigenvalue weighted by molar-refractivity contribution is -0.133. The lowest BCUT2D eigenvalue weighted by Crippen LogP contribution is -2.53. The molecule has 14 rings (SSSR count). The Balaban J connectivity index is 0.000000177.